The Morgan fingerprint density at radius 1 is 0.585 bits per heavy atom. The molecule has 0 spiro atoms. The third-order valence-electron chi connectivity index (χ3n) is 9.58. The quantitative estimate of drug-likeness (QED) is 0.199. The van der Waals surface area contributed by atoms with Crippen molar-refractivity contribution in [1.29, 1.82) is 0 Å². The molecule has 6 heteroatoms. The first kappa shape index (κ1) is 20.5. The molecule has 6 nitrogen and oxygen atoms in total. The largest absolute Gasteiger partial charge is 0.456 e. The summed E-state index contributed by atoms with van der Waals surface area (Å²) in [5, 5.41) is 2.20. The first-order chi connectivity index (χ1) is 20.1. The van der Waals surface area contributed by atoms with Crippen molar-refractivity contribution >= 4 is 72.1 Å². The highest BCUT2D eigenvalue weighted by Crippen LogP contribution is 2.51. The number of imidazole rings is 4. The van der Waals surface area contributed by atoms with Gasteiger partial charge in [-0.15, -0.1) is 0 Å². The van der Waals surface area contributed by atoms with E-state index in [1.54, 1.807) is 0 Å². The van der Waals surface area contributed by atoms with Crippen molar-refractivity contribution in [2.45, 2.75) is 19.3 Å². The molecule has 1 aliphatic rings. The fourth-order valence-electron chi connectivity index (χ4n) is 7.86. The van der Waals surface area contributed by atoms with Crippen molar-refractivity contribution in [1.82, 2.24) is 23.2 Å². The van der Waals surface area contributed by atoms with Crippen molar-refractivity contribution in [3.05, 3.63) is 102 Å². The van der Waals surface area contributed by atoms with Gasteiger partial charge in [0.25, 0.3) is 0 Å². The molecule has 0 saturated carbocycles. The highest BCUT2D eigenvalue weighted by atomic mass is 16.3. The number of benzene rings is 5. The van der Waals surface area contributed by atoms with Gasteiger partial charge in [-0.25, -0.2) is 14.4 Å². The van der Waals surface area contributed by atoms with Gasteiger partial charge in [-0.2, -0.15) is 0 Å². The lowest BCUT2D eigenvalue weighted by Gasteiger charge is -2.21. The summed E-state index contributed by atoms with van der Waals surface area (Å²) in [7, 11) is 0. The van der Waals surface area contributed by atoms with E-state index in [2.05, 4.69) is 99.8 Å². The lowest BCUT2D eigenvalue weighted by atomic mass is 9.82. The molecule has 0 fully saturated rings. The van der Waals surface area contributed by atoms with Crippen molar-refractivity contribution < 1.29 is 4.42 Å². The average molecular weight is 528 g/mol. The first-order valence-corrected chi connectivity index (χ1v) is 14.0. The molecule has 192 valence electrons. The summed E-state index contributed by atoms with van der Waals surface area (Å²) < 4.78 is 13.2. The Bertz CT molecular complexity index is 2780. The van der Waals surface area contributed by atoms with Gasteiger partial charge in [-0.05, 0) is 53.1 Å². The Labute approximate surface area is 232 Å². The number of rotatable bonds is 0. The molecule has 0 aliphatic heterocycles. The van der Waals surface area contributed by atoms with Crippen LogP contribution in [0, 0.1) is 0 Å². The second-order valence-corrected chi connectivity index (χ2v) is 11.9. The first-order valence-electron chi connectivity index (χ1n) is 14.0. The topological polar surface area (TPSA) is 52.2 Å². The third kappa shape index (κ3) is 2.10. The summed E-state index contributed by atoms with van der Waals surface area (Å²) in [5.41, 5.74) is 14.6. The minimum Gasteiger partial charge on any atom is -0.456 e. The summed E-state index contributed by atoms with van der Waals surface area (Å²) in [6.45, 7) is 4.66. The summed E-state index contributed by atoms with van der Waals surface area (Å²) in [5.74, 6) is 1.76. The van der Waals surface area contributed by atoms with Crippen LogP contribution in [0.15, 0.2) is 95.4 Å². The van der Waals surface area contributed by atoms with Crippen molar-refractivity contribution in [2.24, 2.45) is 0 Å². The van der Waals surface area contributed by atoms with Crippen LogP contribution in [0.1, 0.15) is 25.0 Å². The summed E-state index contributed by atoms with van der Waals surface area (Å²) in [6, 6.07) is 32.2. The smallest absolute Gasteiger partial charge is 0.223 e. The second kappa shape index (κ2) is 6.34. The van der Waals surface area contributed by atoms with E-state index >= 15 is 0 Å². The van der Waals surface area contributed by atoms with Crippen LogP contribution in [0.5, 0.6) is 0 Å². The Hall–Kier alpha value is -5.36. The maximum atomic E-state index is 6.26. The van der Waals surface area contributed by atoms with E-state index in [1.807, 2.05) is 18.2 Å². The Kier molecular flexibility index (Phi) is 3.17. The van der Waals surface area contributed by atoms with E-state index in [1.165, 1.54) is 27.8 Å². The lowest BCUT2D eigenvalue weighted by molar-refractivity contribution is 0.661. The van der Waals surface area contributed by atoms with Gasteiger partial charge >= 0.3 is 0 Å². The Morgan fingerprint density at radius 3 is 2.15 bits per heavy atom. The minimum atomic E-state index is -0.0718. The molecule has 11 rings (SSSR count). The SMILES string of the molecule is CC1(C)c2ccccc2-c2c1ccc1nc3n(c4cccc5c4n3c3nc4ccc6oc7ccccc7c6c4n53)c21. The number of nitrogens with zero attached hydrogens (tertiary/aromatic N) is 5. The summed E-state index contributed by atoms with van der Waals surface area (Å²) in [6.07, 6.45) is 0. The molecule has 5 heterocycles. The second-order valence-electron chi connectivity index (χ2n) is 11.9. The van der Waals surface area contributed by atoms with Crippen LogP contribution in [0.3, 0.4) is 0 Å². The molecular weight excluding hydrogens is 506 g/mol. The maximum absolute atomic E-state index is 6.26. The van der Waals surface area contributed by atoms with Gasteiger partial charge in [-0.1, -0.05) is 68.4 Å². The molecule has 0 radical (unpaired) electrons. The number of hydrogen-bond acceptors (Lipinski definition) is 3. The molecule has 10 aromatic rings. The normalized spacial score (nSPS) is 14.8. The fraction of sp³-hybridized carbons (Fsp3) is 0.0857. The van der Waals surface area contributed by atoms with Crippen molar-refractivity contribution in [3.63, 3.8) is 0 Å². The van der Waals surface area contributed by atoms with Gasteiger partial charge < -0.3 is 4.42 Å². The summed E-state index contributed by atoms with van der Waals surface area (Å²) >= 11 is 0. The molecule has 41 heavy (non-hydrogen) atoms. The highest BCUT2D eigenvalue weighted by Gasteiger charge is 2.38. The molecule has 0 unspecified atom stereocenters. The van der Waals surface area contributed by atoms with Crippen LogP contribution in [-0.2, 0) is 5.41 Å². The van der Waals surface area contributed by atoms with Gasteiger partial charge in [-0.3, -0.25) is 8.80 Å². The van der Waals surface area contributed by atoms with Crippen LogP contribution < -0.4 is 0 Å². The molecule has 0 amide bonds. The van der Waals surface area contributed by atoms with Gasteiger partial charge in [0.1, 0.15) is 16.7 Å². The van der Waals surface area contributed by atoms with Gasteiger partial charge in [0.2, 0.25) is 11.6 Å². The van der Waals surface area contributed by atoms with Crippen LogP contribution in [0.4, 0.5) is 0 Å². The van der Waals surface area contributed by atoms with Crippen molar-refractivity contribution in [2.75, 3.05) is 0 Å². The Morgan fingerprint density at radius 2 is 1.29 bits per heavy atom. The third-order valence-corrected chi connectivity index (χ3v) is 9.58. The van der Waals surface area contributed by atoms with Gasteiger partial charge in [0.15, 0.2) is 0 Å². The zero-order valence-electron chi connectivity index (χ0n) is 22.3. The van der Waals surface area contributed by atoms with E-state index in [0.29, 0.717) is 0 Å². The molecule has 1 aliphatic carbocycles. The highest BCUT2D eigenvalue weighted by molar-refractivity contribution is 6.19. The fourth-order valence-corrected chi connectivity index (χ4v) is 7.86. The van der Waals surface area contributed by atoms with Gasteiger partial charge in [0.05, 0.1) is 38.5 Å². The van der Waals surface area contributed by atoms with E-state index < -0.39 is 0 Å². The zero-order valence-corrected chi connectivity index (χ0v) is 22.3. The monoisotopic (exact) mass is 527 g/mol. The van der Waals surface area contributed by atoms with Crippen LogP contribution in [0.25, 0.3) is 83.2 Å². The molecule has 5 aromatic heterocycles. The zero-order chi connectivity index (χ0) is 26.8. The van der Waals surface area contributed by atoms with E-state index in [-0.39, 0.29) is 5.41 Å². The number of aromatic nitrogens is 5. The summed E-state index contributed by atoms with van der Waals surface area (Å²) in [4.78, 5) is 10.5. The lowest BCUT2D eigenvalue weighted by Crippen LogP contribution is -2.14. The molecule has 0 atom stereocenters. The number of hydrogen-bond donors (Lipinski definition) is 0. The van der Waals surface area contributed by atoms with Crippen LogP contribution >= 0.6 is 0 Å². The number of fused-ring (bicyclic) bond motifs is 18. The van der Waals surface area contributed by atoms with E-state index in [0.717, 1.165) is 66.6 Å². The standard InChI is InChI=1S/C35H21N5O/c1-35(2)20-10-5-3-8-18(20)28-21(35)14-15-22-30(28)38-24-11-7-12-25-32(24)40(33(38)36-22)34-37-23-16-17-27-29(31(23)39(25)34)19-9-4-6-13-26(19)41-27/h3-17H,1-2H3. The van der Waals surface area contributed by atoms with Gasteiger partial charge in [0, 0.05) is 16.4 Å². The van der Waals surface area contributed by atoms with E-state index in [9.17, 15) is 0 Å². The molecule has 0 bridgehead atoms. The Balaban J connectivity index is 1.38. The van der Waals surface area contributed by atoms with Crippen LogP contribution in [0.2, 0.25) is 0 Å². The minimum absolute atomic E-state index is 0.0718. The predicted octanol–water partition coefficient (Wildman–Crippen LogP) is 8.34. The molecule has 0 N–H and O–H groups in total. The van der Waals surface area contributed by atoms with Crippen molar-refractivity contribution in [3.8, 4) is 11.1 Å². The maximum Gasteiger partial charge on any atom is 0.223 e. The molecule has 5 aromatic carbocycles. The van der Waals surface area contributed by atoms with E-state index in [4.69, 9.17) is 14.4 Å². The number of furan rings is 1. The molecular formula is C35H21N5O. The average Bonchev–Trinajstić information content (AvgIpc) is 3.79. The van der Waals surface area contributed by atoms with Crippen LogP contribution in [-0.4, -0.2) is 23.2 Å². The number of para-hydroxylation sites is 2. The predicted molar refractivity (Wildman–Crippen MR) is 163 cm³/mol. The molecule has 0 saturated heterocycles.